The van der Waals surface area contributed by atoms with Crippen LogP contribution in [0.3, 0.4) is 0 Å². The highest BCUT2D eigenvalue weighted by molar-refractivity contribution is 5.58. The lowest BCUT2D eigenvalue weighted by molar-refractivity contribution is 0.520. The Morgan fingerprint density at radius 2 is 1.65 bits per heavy atom. The first kappa shape index (κ1) is 14.8. The number of benzene rings is 1. The van der Waals surface area contributed by atoms with Gasteiger partial charge in [-0.15, -0.1) is 0 Å². The van der Waals surface area contributed by atoms with Crippen LogP contribution in [0, 0.1) is 6.92 Å². The molecule has 0 amide bonds. The first-order valence-electron chi connectivity index (χ1n) is 7.91. The molecule has 0 bridgehead atoms. The zero-order valence-electron chi connectivity index (χ0n) is 12.8. The lowest BCUT2D eigenvalue weighted by Crippen LogP contribution is -2.02. The van der Waals surface area contributed by atoms with E-state index >= 15 is 0 Å². The summed E-state index contributed by atoms with van der Waals surface area (Å²) in [6.07, 6.45) is 7.99. The molecule has 1 heterocycles. The van der Waals surface area contributed by atoms with Crippen LogP contribution in [0.25, 0.3) is 11.3 Å². The van der Waals surface area contributed by atoms with Gasteiger partial charge in [0.05, 0.1) is 5.69 Å². The van der Waals surface area contributed by atoms with Crippen LogP contribution in [0.1, 0.15) is 51.1 Å². The highest BCUT2D eigenvalue weighted by atomic mass is 15.3. The van der Waals surface area contributed by atoms with Crippen molar-refractivity contribution in [2.24, 2.45) is 0 Å². The van der Waals surface area contributed by atoms with Crippen molar-refractivity contribution in [3.05, 3.63) is 42.1 Å². The predicted octanol–water partition coefficient (Wildman–Crippen LogP) is 5.22. The molecule has 0 atom stereocenters. The van der Waals surface area contributed by atoms with Crippen molar-refractivity contribution >= 4 is 0 Å². The molecule has 2 nitrogen and oxygen atoms in total. The molecule has 0 aliphatic heterocycles. The number of nitrogens with zero attached hydrogens (tertiary/aromatic N) is 2. The third kappa shape index (κ3) is 4.22. The van der Waals surface area contributed by atoms with Crippen LogP contribution in [0.2, 0.25) is 0 Å². The summed E-state index contributed by atoms with van der Waals surface area (Å²) in [6, 6.07) is 12.6. The molecular weight excluding hydrogens is 244 g/mol. The fourth-order valence-electron chi connectivity index (χ4n) is 2.53. The number of aryl methyl sites for hydroxylation is 2. The zero-order valence-corrected chi connectivity index (χ0v) is 12.8. The standard InChI is InChI=1S/C18H26N2/c1-3-4-5-6-7-11-14-20-16(2)15-18(19-20)17-12-9-8-10-13-17/h8-10,12-13,15H,3-7,11,14H2,1-2H3. The molecule has 1 aromatic carbocycles. The van der Waals surface area contributed by atoms with Gasteiger partial charge in [-0.05, 0) is 19.4 Å². The summed E-state index contributed by atoms with van der Waals surface area (Å²) in [4.78, 5) is 0. The molecule has 2 rings (SSSR count). The second kappa shape index (κ2) is 7.88. The Balaban J connectivity index is 1.85. The van der Waals surface area contributed by atoms with E-state index < -0.39 is 0 Å². The van der Waals surface area contributed by atoms with Gasteiger partial charge in [-0.2, -0.15) is 5.10 Å². The largest absolute Gasteiger partial charge is 0.269 e. The summed E-state index contributed by atoms with van der Waals surface area (Å²) < 4.78 is 2.15. The second-order valence-corrected chi connectivity index (χ2v) is 5.53. The van der Waals surface area contributed by atoms with Crippen LogP contribution in [0.15, 0.2) is 36.4 Å². The average Bonchev–Trinajstić information content (AvgIpc) is 2.85. The van der Waals surface area contributed by atoms with Crippen molar-refractivity contribution in [2.45, 2.75) is 58.9 Å². The molecule has 20 heavy (non-hydrogen) atoms. The highest BCUT2D eigenvalue weighted by Crippen LogP contribution is 2.18. The van der Waals surface area contributed by atoms with E-state index in [9.17, 15) is 0 Å². The van der Waals surface area contributed by atoms with Crippen molar-refractivity contribution in [3.63, 3.8) is 0 Å². The molecule has 1 aromatic heterocycles. The fraction of sp³-hybridized carbons (Fsp3) is 0.500. The smallest absolute Gasteiger partial charge is 0.0925 e. The van der Waals surface area contributed by atoms with Crippen molar-refractivity contribution in [1.29, 1.82) is 0 Å². The van der Waals surface area contributed by atoms with Gasteiger partial charge in [-0.1, -0.05) is 69.4 Å². The molecule has 108 valence electrons. The van der Waals surface area contributed by atoms with Gasteiger partial charge in [0.15, 0.2) is 0 Å². The second-order valence-electron chi connectivity index (χ2n) is 5.53. The molecule has 2 heteroatoms. The lowest BCUT2D eigenvalue weighted by atomic mass is 10.1. The summed E-state index contributed by atoms with van der Waals surface area (Å²) in [5.41, 5.74) is 3.56. The van der Waals surface area contributed by atoms with Gasteiger partial charge in [0.1, 0.15) is 0 Å². The van der Waals surface area contributed by atoms with E-state index in [2.05, 4.69) is 48.9 Å². The SMILES string of the molecule is CCCCCCCCn1nc(-c2ccccc2)cc1C. The Morgan fingerprint density at radius 1 is 0.950 bits per heavy atom. The minimum atomic E-state index is 1.05. The Kier molecular flexibility index (Phi) is 5.85. The molecule has 0 aliphatic carbocycles. The number of rotatable bonds is 8. The van der Waals surface area contributed by atoms with Crippen LogP contribution < -0.4 is 0 Å². The summed E-state index contributed by atoms with van der Waals surface area (Å²) in [6.45, 7) is 5.46. The first-order chi connectivity index (χ1) is 9.81. The van der Waals surface area contributed by atoms with Crippen LogP contribution >= 0.6 is 0 Å². The Bertz CT molecular complexity index is 499. The minimum Gasteiger partial charge on any atom is -0.269 e. The van der Waals surface area contributed by atoms with Crippen LogP contribution in [0.5, 0.6) is 0 Å². The molecule has 2 aromatic rings. The van der Waals surface area contributed by atoms with Gasteiger partial charge >= 0.3 is 0 Å². The number of hydrogen-bond donors (Lipinski definition) is 0. The van der Waals surface area contributed by atoms with Gasteiger partial charge < -0.3 is 0 Å². The van der Waals surface area contributed by atoms with Gasteiger partial charge in [-0.25, -0.2) is 0 Å². The Labute approximate surface area is 122 Å². The third-order valence-electron chi connectivity index (χ3n) is 3.77. The number of hydrogen-bond acceptors (Lipinski definition) is 1. The van der Waals surface area contributed by atoms with Gasteiger partial charge in [0, 0.05) is 17.8 Å². The maximum atomic E-state index is 4.73. The fourth-order valence-corrected chi connectivity index (χ4v) is 2.53. The van der Waals surface area contributed by atoms with E-state index in [4.69, 9.17) is 5.10 Å². The predicted molar refractivity (Wildman–Crippen MR) is 85.8 cm³/mol. The number of aromatic nitrogens is 2. The van der Waals surface area contributed by atoms with Gasteiger partial charge in [0.2, 0.25) is 0 Å². The molecule has 0 saturated carbocycles. The molecular formula is C18H26N2. The Morgan fingerprint density at radius 3 is 2.40 bits per heavy atom. The van der Waals surface area contributed by atoms with E-state index in [1.807, 2.05) is 6.07 Å². The third-order valence-corrected chi connectivity index (χ3v) is 3.77. The van der Waals surface area contributed by atoms with E-state index in [0.717, 1.165) is 12.2 Å². The van der Waals surface area contributed by atoms with Crippen LogP contribution in [-0.4, -0.2) is 9.78 Å². The van der Waals surface area contributed by atoms with Crippen molar-refractivity contribution in [1.82, 2.24) is 9.78 Å². The van der Waals surface area contributed by atoms with E-state index in [1.54, 1.807) is 0 Å². The van der Waals surface area contributed by atoms with Crippen LogP contribution in [-0.2, 0) is 6.54 Å². The summed E-state index contributed by atoms with van der Waals surface area (Å²) in [7, 11) is 0. The topological polar surface area (TPSA) is 17.8 Å². The monoisotopic (exact) mass is 270 g/mol. The summed E-state index contributed by atoms with van der Waals surface area (Å²) in [5.74, 6) is 0. The van der Waals surface area contributed by atoms with Crippen LogP contribution in [0.4, 0.5) is 0 Å². The number of unbranched alkanes of at least 4 members (excludes halogenated alkanes) is 5. The Hall–Kier alpha value is -1.57. The van der Waals surface area contributed by atoms with E-state index in [-0.39, 0.29) is 0 Å². The summed E-state index contributed by atoms with van der Waals surface area (Å²) in [5, 5.41) is 4.73. The molecule has 0 radical (unpaired) electrons. The van der Waals surface area contributed by atoms with E-state index in [1.165, 1.54) is 49.8 Å². The maximum absolute atomic E-state index is 4.73. The van der Waals surface area contributed by atoms with Crippen molar-refractivity contribution in [2.75, 3.05) is 0 Å². The maximum Gasteiger partial charge on any atom is 0.0925 e. The highest BCUT2D eigenvalue weighted by Gasteiger charge is 2.05. The first-order valence-corrected chi connectivity index (χ1v) is 7.91. The molecule has 0 N–H and O–H groups in total. The lowest BCUT2D eigenvalue weighted by Gasteiger charge is -2.04. The molecule has 0 unspecified atom stereocenters. The molecule has 0 spiro atoms. The van der Waals surface area contributed by atoms with Gasteiger partial charge in [-0.3, -0.25) is 4.68 Å². The van der Waals surface area contributed by atoms with Crippen molar-refractivity contribution < 1.29 is 0 Å². The molecule has 0 fully saturated rings. The molecule has 0 saturated heterocycles. The average molecular weight is 270 g/mol. The minimum absolute atomic E-state index is 1.05. The van der Waals surface area contributed by atoms with Crippen molar-refractivity contribution in [3.8, 4) is 11.3 Å². The van der Waals surface area contributed by atoms with Gasteiger partial charge in [0.25, 0.3) is 0 Å². The van der Waals surface area contributed by atoms with E-state index in [0.29, 0.717) is 0 Å². The molecule has 0 aliphatic rings. The normalized spacial score (nSPS) is 10.9. The zero-order chi connectivity index (χ0) is 14.2. The quantitative estimate of drug-likeness (QED) is 0.601. The summed E-state index contributed by atoms with van der Waals surface area (Å²) >= 11 is 0.